The van der Waals surface area contributed by atoms with Crippen molar-refractivity contribution in [2.45, 2.75) is 31.7 Å². The molecule has 1 aliphatic carbocycles. The monoisotopic (exact) mass is 421 g/mol. The first-order valence-electron chi connectivity index (χ1n) is 10.5. The van der Waals surface area contributed by atoms with Gasteiger partial charge in [-0.05, 0) is 43.7 Å². The number of anilines is 1. The first-order chi connectivity index (χ1) is 15.2. The molecule has 2 amide bonds. The summed E-state index contributed by atoms with van der Waals surface area (Å²) in [5, 5.41) is 11.8. The number of carbonyl (C=O) groups excluding carboxylic acids is 2. The zero-order valence-corrected chi connectivity index (χ0v) is 17.0. The number of aromatic nitrogens is 5. The van der Waals surface area contributed by atoms with Crippen molar-refractivity contribution < 1.29 is 14.3 Å². The number of imide groups is 1. The van der Waals surface area contributed by atoms with Gasteiger partial charge in [-0.25, -0.2) is 4.98 Å². The number of benzene rings is 1. The lowest BCUT2D eigenvalue weighted by molar-refractivity contribution is -0.159. The minimum absolute atomic E-state index is 0.00260. The Morgan fingerprint density at radius 2 is 1.81 bits per heavy atom. The van der Waals surface area contributed by atoms with Crippen molar-refractivity contribution in [1.82, 2.24) is 29.9 Å². The summed E-state index contributed by atoms with van der Waals surface area (Å²) in [6.07, 6.45) is 5.43. The highest BCUT2D eigenvalue weighted by molar-refractivity contribution is 5.98. The Balaban J connectivity index is 1.21. The van der Waals surface area contributed by atoms with E-state index in [-0.39, 0.29) is 31.1 Å². The molecule has 2 fully saturated rings. The molecule has 2 aromatic heterocycles. The molecular formula is C21H23N7O3. The van der Waals surface area contributed by atoms with E-state index in [0.717, 1.165) is 36.7 Å². The van der Waals surface area contributed by atoms with Crippen LogP contribution in [0.15, 0.2) is 36.5 Å². The van der Waals surface area contributed by atoms with Gasteiger partial charge in [-0.15, -0.1) is 5.10 Å². The number of nitrogens with zero attached hydrogens (tertiary/aromatic N) is 6. The second kappa shape index (κ2) is 8.38. The Labute approximate surface area is 178 Å². The molecule has 0 atom stereocenters. The molecule has 0 spiro atoms. The van der Waals surface area contributed by atoms with E-state index in [2.05, 4.69) is 25.6 Å². The largest absolute Gasteiger partial charge is 0.362 e. The molecule has 1 aromatic carbocycles. The molecule has 1 aliphatic heterocycles. The molecule has 0 radical (unpaired) electrons. The van der Waals surface area contributed by atoms with Gasteiger partial charge in [-0.1, -0.05) is 17.3 Å². The molecule has 0 bridgehead atoms. The van der Waals surface area contributed by atoms with E-state index in [1.54, 1.807) is 16.9 Å². The SMILES string of the molecule is O=C1COCC(=O)N1CC1CCC(Nc2nccc(-n3nnc4ccccc43)n2)CC1. The number of rotatable bonds is 5. The van der Waals surface area contributed by atoms with E-state index < -0.39 is 0 Å². The summed E-state index contributed by atoms with van der Waals surface area (Å²) in [6, 6.07) is 9.79. The fourth-order valence-corrected chi connectivity index (χ4v) is 4.23. The number of ether oxygens (including phenoxy) is 1. The molecule has 10 nitrogen and oxygen atoms in total. The summed E-state index contributed by atoms with van der Waals surface area (Å²) in [5.41, 5.74) is 1.70. The maximum Gasteiger partial charge on any atom is 0.255 e. The van der Waals surface area contributed by atoms with Crippen LogP contribution in [0.4, 0.5) is 5.95 Å². The van der Waals surface area contributed by atoms with Gasteiger partial charge < -0.3 is 10.1 Å². The summed E-state index contributed by atoms with van der Waals surface area (Å²) < 4.78 is 6.69. The van der Waals surface area contributed by atoms with Crippen LogP contribution in [0.3, 0.4) is 0 Å². The van der Waals surface area contributed by atoms with E-state index in [0.29, 0.717) is 24.2 Å². The second-order valence-corrected chi connectivity index (χ2v) is 7.98. The summed E-state index contributed by atoms with van der Waals surface area (Å²) in [7, 11) is 0. The summed E-state index contributed by atoms with van der Waals surface area (Å²) in [4.78, 5) is 34.2. The number of amides is 2. The van der Waals surface area contributed by atoms with Crippen LogP contribution in [-0.2, 0) is 14.3 Å². The predicted molar refractivity (Wildman–Crippen MR) is 111 cm³/mol. The Morgan fingerprint density at radius 1 is 1.03 bits per heavy atom. The molecule has 3 aromatic rings. The quantitative estimate of drug-likeness (QED) is 0.617. The Bertz CT molecular complexity index is 1090. The lowest BCUT2D eigenvalue weighted by Gasteiger charge is -2.33. The average molecular weight is 421 g/mol. The molecule has 31 heavy (non-hydrogen) atoms. The highest BCUT2D eigenvalue weighted by atomic mass is 16.5. The third kappa shape index (κ3) is 4.11. The van der Waals surface area contributed by atoms with Gasteiger partial charge in [0.05, 0.1) is 5.52 Å². The standard InChI is InChI=1S/C21H23N7O3/c29-19-12-31-13-20(30)27(19)11-14-5-7-15(8-6-14)23-21-22-10-9-18(24-21)28-17-4-2-1-3-16(17)25-26-28/h1-4,9-10,14-15H,5-8,11-13H2,(H,22,23,24). The molecule has 1 N–H and O–H groups in total. The molecule has 160 valence electrons. The van der Waals surface area contributed by atoms with E-state index in [9.17, 15) is 9.59 Å². The Hall–Kier alpha value is -3.40. The number of hydrogen-bond donors (Lipinski definition) is 1. The highest BCUT2D eigenvalue weighted by Gasteiger charge is 2.31. The van der Waals surface area contributed by atoms with Gasteiger partial charge in [0, 0.05) is 24.8 Å². The highest BCUT2D eigenvalue weighted by Crippen LogP contribution is 2.27. The third-order valence-electron chi connectivity index (χ3n) is 5.88. The average Bonchev–Trinajstić information content (AvgIpc) is 3.22. The van der Waals surface area contributed by atoms with Crippen molar-refractivity contribution in [1.29, 1.82) is 0 Å². The number of nitrogens with one attached hydrogen (secondary N) is 1. The molecular weight excluding hydrogens is 398 g/mol. The van der Waals surface area contributed by atoms with Crippen LogP contribution in [0.2, 0.25) is 0 Å². The number of para-hydroxylation sites is 1. The molecule has 5 rings (SSSR count). The molecule has 1 saturated heterocycles. The van der Waals surface area contributed by atoms with Gasteiger partial charge in [0.2, 0.25) is 5.95 Å². The van der Waals surface area contributed by atoms with Crippen molar-refractivity contribution in [3.63, 3.8) is 0 Å². The third-order valence-corrected chi connectivity index (χ3v) is 5.88. The van der Waals surface area contributed by atoms with Gasteiger partial charge in [-0.3, -0.25) is 14.5 Å². The van der Waals surface area contributed by atoms with Gasteiger partial charge >= 0.3 is 0 Å². The van der Waals surface area contributed by atoms with Crippen LogP contribution in [0.1, 0.15) is 25.7 Å². The number of carbonyl (C=O) groups is 2. The minimum atomic E-state index is -0.234. The minimum Gasteiger partial charge on any atom is -0.362 e. The Morgan fingerprint density at radius 3 is 2.61 bits per heavy atom. The smallest absolute Gasteiger partial charge is 0.255 e. The van der Waals surface area contributed by atoms with Gasteiger partial charge in [0.25, 0.3) is 11.8 Å². The fraction of sp³-hybridized carbons (Fsp3) is 0.429. The normalized spacial score (nSPS) is 22.1. The van der Waals surface area contributed by atoms with Crippen molar-refractivity contribution in [3.8, 4) is 5.82 Å². The van der Waals surface area contributed by atoms with E-state index in [1.165, 1.54) is 4.90 Å². The van der Waals surface area contributed by atoms with Crippen molar-refractivity contribution in [3.05, 3.63) is 36.5 Å². The van der Waals surface area contributed by atoms with E-state index >= 15 is 0 Å². The van der Waals surface area contributed by atoms with Gasteiger partial charge in [0.1, 0.15) is 18.7 Å². The summed E-state index contributed by atoms with van der Waals surface area (Å²) in [6.45, 7) is 0.480. The Kier molecular flexibility index (Phi) is 5.29. The predicted octanol–water partition coefficient (Wildman–Crippen LogP) is 1.57. The van der Waals surface area contributed by atoms with Gasteiger partial charge in [-0.2, -0.15) is 9.67 Å². The maximum absolute atomic E-state index is 11.9. The topological polar surface area (TPSA) is 115 Å². The van der Waals surface area contributed by atoms with Crippen LogP contribution in [0, 0.1) is 5.92 Å². The molecule has 0 unspecified atom stereocenters. The van der Waals surface area contributed by atoms with Crippen molar-refractivity contribution >= 4 is 28.8 Å². The lowest BCUT2D eigenvalue weighted by atomic mass is 9.85. The molecule has 10 heteroatoms. The van der Waals surface area contributed by atoms with Crippen LogP contribution in [-0.4, -0.2) is 67.5 Å². The number of fused-ring (bicyclic) bond motifs is 1. The zero-order chi connectivity index (χ0) is 21.2. The van der Waals surface area contributed by atoms with E-state index in [4.69, 9.17) is 4.74 Å². The molecule has 1 saturated carbocycles. The maximum atomic E-state index is 11.9. The summed E-state index contributed by atoms with van der Waals surface area (Å²) in [5.74, 6) is 1.06. The van der Waals surface area contributed by atoms with Crippen LogP contribution in [0.5, 0.6) is 0 Å². The first kappa shape index (κ1) is 19.6. The first-order valence-corrected chi connectivity index (χ1v) is 10.5. The zero-order valence-electron chi connectivity index (χ0n) is 17.0. The summed E-state index contributed by atoms with van der Waals surface area (Å²) >= 11 is 0. The number of hydrogen-bond acceptors (Lipinski definition) is 8. The van der Waals surface area contributed by atoms with Crippen LogP contribution >= 0.6 is 0 Å². The van der Waals surface area contributed by atoms with E-state index in [1.807, 2.05) is 24.3 Å². The van der Waals surface area contributed by atoms with Crippen LogP contribution < -0.4 is 5.32 Å². The fourth-order valence-electron chi connectivity index (χ4n) is 4.23. The van der Waals surface area contributed by atoms with Gasteiger partial charge in [0.15, 0.2) is 5.82 Å². The molecule has 2 aliphatic rings. The lowest BCUT2D eigenvalue weighted by Crippen LogP contribution is -2.48. The van der Waals surface area contributed by atoms with Crippen LogP contribution in [0.25, 0.3) is 16.9 Å². The molecule has 3 heterocycles. The number of morpholine rings is 1. The second-order valence-electron chi connectivity index (χ2n) is 7.98. The van der Waals surface area contributed by atoms with Crippen molar-refractivity contribution in [2.24, 2.45) is 5.92 Å². The van der Waals surface area contributed by atoms with Crippen molar-refractivity contribution in [2.75, 3.05) is 25.1 Å².